The Morgan fingerprint density at radius 1 is 1.19 bits per heavy atom. The maximum absolute atomic E-state index is 13.2. The van der Waals surface area contributed by atoms with Crippen molar-refractivity contribution in [3.63, 3.8) is 0 Å². The van der Waals surface area contributed by atoms with E-state index in [4.69, 9.17) is 4.74 Å². The topological polar surface area (TPSA) is 58.6 Å². The van der Waals surface area contributed by atoms with Crippen molar-refractivity contribution in [3.8, 4) is 0 Å². The van der Waals surface area contributed by atoms with Gasteiger partial charge in [-0.25, -0.2) is 0 Å². The van der Waals surface area contributed by atoms with Crippen LogP contribution in [0.1, 0.15) is 30.1 Å². The van der Waals surface area contributed by atoms with Crippen molar-refractivity contribution < 1.29 is 14.3 Å². The van der Waals surface area contributed by atoms with E-state index in [1.165, 1.54) is 0 Å². The SMILES string of the molecule is COCCNC(=O)C1(C)CCCN(C(=O)c2cccc3ccccc23)C1. The molecule has 1 heterocycles. The highest BCUT2D eigenvalue weighted by molar-refractivity contribution is 6.07. The Morgan fingerprint density at radius 2 is 1.96 bits per heavy atom. The number of amides is 2. The highest BCUT2D eigenvalue weighted by Crippen LogP contribution is 2.31. The molecule has 5 nitrogen and oxygen atoms in total. The molecule has 1 unspecified atom stereocenters. The number of nitrogens with one attached hydrogen (secondary N) is 1. The number of rotatable bonds is 5. The minimum atomic E-state index is -0.563. The van der Waals surface area contributed by atoms with Gasteiger partial charge in [-0.1, -0.05) is 36.4 Å². The molecule has 2 aromatic carbocycles. The van der Waals surface area contributed by atoms with Gasteiger partial charge in [0.15, 0.2) is 0 Å². The molecule has 1 saturated heterocycles. The zero-order chi connectivity index (χ0) is 18.6. The summed E-state index contributed by atoms with van der Waals surface area (Å²) in [7, 11) is 1.61. The summed E-state index contributed by atoms with van der Waals surface area (Å²) in [6.45, 7) is 4.04. The van der Waals surface area contributed by atoms with Gasteiger partial charge in [-0.2, -0.15) is 0 Å². The molecule has 0 radical (unpaired) electrons. The average Bonchev–Trinajstić information content (AvgIpc) is 2.67. The van der Waals surface area contributed by atoms with E-state index in [0.29, 0.717) is 31.8 Å². The van der Waals surface area contributed by atoms with Crippen molar-refractivity contribution in [1.29, 1.82) is 0 Å². The van der Waals surface area contributed by atoms with Crippen LogP contribution in [0.5, 0.6) is 0 Å². The van der Waals surface area contributed by atoms with Crippen LogP contribution < -0.4 is 5.32 Å². The molecule has 26 heavy (non-hydrogen) atoms. The molecule has 0 aromatic heterocycles. The van der Waals surface area contributed by atoms with E-state index in [0.717, 1.165) is 23.6 Å². The number of benzene rings is 2. The third-order valence-corrected chi connectivity index (χ3v) is 5.14. The van der Waals surface area contributed by atoms with Crippen LogP contribution in [-0.4, -0.2) is 50.1 Å². The Balaban J connectivity index is 1.78. The van der Waals surface area contributed by atoms with Crippen molar-refractivity contribution in [1.82, 2.24) is 10.2 Å². The van der Waals surface area contributed by atoms with Crippen molar-refractivity contribution in [2.45, 2.75) is 19.8 Å². The molecule has 1 atom stereocenters. The molecule has 0 bridgehead atoms. The van der Waals surface area contributed by atoms with Crippen LogP contribution in [0.2, 0.25) is 0 Å². The van der Waals surface area contributed by atoms with Gasteiger partial charge in [-0.15, -0.1) is 0 Å². The number of carbonyl (C=O) groups excluding carboxylic acids is 2. The number of piperidine rings is 1. The minimum absolute atomic E-state index is 0.00239. The minimum Gasteiger partial charge on any atom is -0.383 e. The van der Waals surface area contributed by atoms with Gasteiger partial charge in [0.25, 0.3) is 5.91 Å². The fourth-order valence-electron chi connectivity index (χ4n) is 3.66. The van der Waals surface area contributed by atoms with Crippen LogP contribution in [0, 0.1) is 5.41 Å². The molecule has 2 amide bonds. The summed E-state index contributed by atoms with van der Waals surface area (Å²) in [5.74, 6) is -0.0117. The molecular formula is C21H26N2O3. The Bertz CT molecular complexity index is 799. The van der Waals surface area contributed by atoms with E-state index >= 15 is 0 Å². The standard InChI is InChI=1S/C21H26N2O3/c1-21(20(25)22-12-14-26-2)11-6-13-23(15-21)19(24)18-10-5-8-16-7-3-4-9-17(16)18/h3-5,7-10H,6,11-15H2,1-2H3,(H,22,25). The third kappa shape index (κ3) is 3.73. The lowest BCUT2D eigenvalue weighted by Gasteiger charge is -2.39. The van der Waals surface area contributed by atoms with Crippen molar-refractivity contribution >= 4 is 22.6 Å². The third-order valence-electron chi connectivity index (χ3n) is 5.14. The first-order valence-corrected chi connectivity index (χ1v) is 9.09. The summed E-state index contributed by atoms with van der Waals surface area (Å²) < 4.78 is 4.99. The van der Waals surface area contributed by atoms with Gasteiger partial charge < -0.3 is 15.0 Å². The molecule has 2 aromatic rings. The number of nitrogens with zero attached hydrogens (tertiary/aromatic N) is 1. The second kappa shape index (κ2) is 7.87. The second-order valence-electron chi connectivity index (χ2n) is 7.17. The number of fused-ring (bicyclic) bond motifs is 1. The smallest absolute Gasteiger partial charge is 0.254 e. The van der Waals surface area contributed by atoms with Crippen LogP contribution >= 0.6 is 0 Å². The first-order chi connectivity index (χ1) is 12.5. The number of likely N-dealkylation sites (tertiary alicyclic amines) is 1. The van der Waals surface area contributed by atoms with E-state index in [9.17, 15) is 9.59 Å². The fraction of sp³-hybridized carbons (Fsp3) is 0.429. The Hall–Kier alpha value is -2.40. The average molecular weight is 354 g/mol. The second-order valence-corrected chi connectivity index (χ2v) is 7.17. The normalized spacial score (nSPS) is 20.2. The lowest BCUT2D eigenvalue weighted by molar-refractivity contribution is -0.132. The Kier molecular flexibility index (Phi) is 5.57. The lowest BCUT2D eigenvalue weighted by atomic mass is 9.80. The Labute approximate surface area is 154 Å². The first kappa shape index (κ1) is 18.4. The van der Waals surface area contributed by atoms with E-state index in [-0.39, 0.29) is 11.8 Å². The van der Waals surface area contributed by atoms with Gasteiger partial charge in [-0.3, -0.25) is 9.59 Å². The molecule has 138 valence electrons. The summed E-state index contributed by atoms with van der Waals surface area (Å²) >= 11 is 0. The van der Waals surface area contributed by atoms with Gasteiger partial charge in [0, 0.05) is 32.3 Å². The first-order valence-electron chi connectivity index (χ1n) is 9.09. The summed E-state index contributed by atoms with van der Waals surface area (Å²) in [6.07, 6.45) is 1.61. The molecule has 1 aliphatic heterocycles. The molecular weight excluding hydrogens is 328 g/mol. The maximum atomic E-state index is 13.2. The number of carbonyl (C=O) groups is 2. The monoisotopic (exact) mass is 354 g/mol. The van der Waals surface area contributed by atoms with E-state index in [1.807, 2.05) is 54.3 Å². The molecule has 1 N–H and O–H groups in total. The summed E-state index contributed by atoms with van der Waals surface area (Å²) in [5.41, 5.74) is 0.138. The summed E-state index contributed by atoms with van der Waals surface area (Å²) in [4.78, 5) is 27.6. The molecule has 1 aliphatic rings. The van der Waals surface area contributed by atoms with Crippen LogP contribution in [0.15, 0.2) is 42.5 Å². The molecule has 1 fully saturated rings. The number of ether oxygens (including phenoxy) is 1. The molecule has 5 heteroatoms. The van der Waals surface area contributed by atoms with Gasteiger partial charge in [0.2, 0.25) is 5.91 Å². The zero-order valence-corrected chi connectivity index (χ0v) is 15.5. The van der Waals surface area contributed by atoms with Gasteiger partial charge >= 0.3 is 0 Å². The summed E-state index contributed by atoms with van der Waals surface area (Å²) in [5, 5.41) is 4.93. The highest BCUT2D eigenvalue weighted by atomic mass is 16.5. The van der Waals surface area contributed by atoms with Gasteiger partial charge in [0.05, 0.1) is 12.0 Å². The quantitative estimate of drug-likeness (QED) is 0.840. The largest absolute Gasteiger partial charge is 0.383 e. The predicted octanol–water partition coefficient (Wildman–Crippen LogP) is 2.84. The van der Waals surface area contributed by atoms with Crippen molar-refractivity contribution in [2.24, 2.45) is 5.41 Å². The number of methoxy groups -OCH3 is 1. The predicted molar refractivity (Wildman–Crippen MR) is 102 cm³/mol. The Morgan fingerprint density at radius 3 is 2.77 bits per heavy atom. The van der Waals surface area contributed by atoms with Crippen LogP contribution in [0.4, 0.5) is 0 Å². The number of hydrogen-bond acceptors (Lipinski definition) is 3. The number of hydrogen-bond donors (Lipinski definition) is 1. The molecule has 0 saturated carbocycles. The van der Waals surface area contributed by atoms with E-state index < -0.39 is 5.41 Å². The lowest BCUT2D eigenvalue weighted by Crippen LogP contribution is -2.52. The van der Waals surface area contributed by atoms with Crippen molar-refractivity contribution in [3.05, 3.63) is 48.0 Å². The zero-order valence-electron chi connectivity index (χ0n) is 15.5. The highest BCUT2D eigenvalue weighted by Gasteiger charge is 2.39. The van der Waals surface area contributed by atoms with Crippen LogP contribution in [0.25, 0.3) is 10.8 Å². The fourth-order valence-corrected chi connectivity index (χ4v) is 3.66. The van der Waals surface area contributed by atoms with Gasteiger partial charge in [0.1, 0.15) is 0 Å². The van der Waals surface area contributed by atoms with E-state index in [1.54, 1.807) is 7.11 Å². The molecule has 0 aliphatic carbocycles. The van der Waals surface area contributed by atoms with Crippen molar-refractivity contribution in [2.75, 3.05) is 33.4 Å². The maximum Gasteiger partial charge on any atom is 0.254 e. The summed E-state index contributed by atoms with van der Waals surface area (Å²) in [6, 6.07) is 13.7. The molecule has 0 spiro atoms. The molecule has 3 rings (SSSR count). The van der Waals surface area contributed by atoms with Gasteiger partial charge in [-0.05, 0) is 36.6 Å². The van der Waals surface area contributed by atoms with E-state index in [2.05, 4.69) is 5.32 Å². The van der Waals surface area contributed by atoms with Crippen LogP contribution in [-0.2, 0) is 9.53 Å². The van der Waals surface area contributed by atoms with Crippen LogP contribution in [0.3, 0.4) is 0 Å².